The summed E-state index contributed by atoms with van der Waals surface area (Å²) in [5, 5.41) is 9.99. The fourth-order valence-corrected chi connectivity index (χ4v) is 2.00. The second-order valence-corrected chi connectivity index (χ2v) is 5.25. The van der Waals surface area contributed by atoms with E-state index in [1.807, 2.05) is 51.1 Å². The lowest BCUT2D eigenvalue weighted by molar-refractivity contribution is 0.163. The summed E-state index contributed by atoms with van der Waals surface area (Å²) >= 11 is 0. The number of nitrogens with two attached hydrogens (primary N) is 1. The Morgan fingerprint density at radius 1 is 1.38 bits per heavy atom. The molecule has 3 nitrogen and oxygen atoms in total. The Bertz CT molecular complexity index is 566. The zero-order chi connectivity index (χ0) is 16.0. The third-order valence-electron chi connectivity index (χ3n) is 3.25. The lowest BCUT2D eigenvalue weighted by Crippen LogP contribution is -2.08. The lowest BCUT2D eigenvalue weighted by Gasteiger charge is -2.16. The summed E-state index contributed by atoms with van der Waals surface area (Å²) in [4.78, 5) is 0. The van der Waals surface area contributed by atoms with Crippen LogP contribution in [0.25, 0.3) is 5.57 Å². The third kappa shape index (κ3) is 5.12. The molecule has 1 unspecified atom stereocenters. The first-order chi connectivity index (χ1) is 9.85. The molecule has 1 rings (SSSR count). The van der Waals surface area contributed by atoms with Gasteiger partial charge >= 0.3 is 0 Å². The minimum absolute atomic E-state index is 0.0884. The van der Waals surface area contributed by atoms with Gasteiger partial charge in [0.05, 0.1) is 11.5 Å². The molecule has 1 aromatic carbocycles. The van der Waals surface area contributed by atoms with Crippen LogP contribution in [0.1, 0.15) is 38.8 Å². The molecule has 114 valence electrons. The zero-order valence-electron chi connectivity index (χ0n) is 13.3. The molecular formula is C18H25NO2. The van der Waals surface area contributed by atoms with Gasteiger partial charge in [-0.1, -0.05) is 24.8 Å². The number of hydrogen-bond acceptors (Lipinski definition) is 3. The van der Waals surface area contributed by atoms with E-state index in [1.54, 1.807) is 6.92 Å². The molecule has 21 heavy (non-hydrogen) atoms. The molecule has 0 bridgehead atoms. The maximum atomic E-state index is 9.99. The Labute approximate surface area is 127 Å². The molecule has 0 fully saturated rings. The van der Waals surface area contributed by atoms with Crippen molar-refractivity contribution >= 4 is 5.57 Å². The lowest BCUT2D eigenvalue weighted by atomic mass is 9.99. The summed E-state index contributed by atoms with van der Waals surface area (Å²) in [5.41, 5.74) is 9.44. The van der Waals surface area contributed by atoms with Crippen LogP contribution >= 0.6 is 0 Å². The Morgan fingerprint density at radius 3 is 2.57 bits per heavy atom. The fourth-order valence-electron chi connectivity index (χ4n) is 2.00. The topological polar surface area (TPSA) is 55.5 Å². The van der Waals surface area contributed by atoms with Crippen LogP contribution in [0.5, 0.6) is 0 Å². The summed E-state index contributed by atoms with van der Waals surface area (Å²) in [5.74, 6) is 0.942. The van der Waals surface area contributed by atoms with Crippen molar-refractivity contribution in [2.45, 2.75) is 40.3 Å². The van der Waals surface area contributed by atoms with E-state index in [0.717, 1.165) is 22.3 Å². The van der Waals surface area contributed by atoms with Crippen LogP contribution in [0, 0.1) is 0 Å². The van der Waals surface area contributed by atoms with E-state index >= 15 is 0 Å². The van der Waals surface area contributed by atoms with Gasteiger partial charge in [0, 0.05) is 12.1 Å². The summed E-state index contributed by atoms with van der Waals surface area (Å²) in [6.45, 7) is 11.7. The standard InChI is InChI=1S/C18H25NO2/c1-12(2)21-15(5)13(3)9-18(14(4)20)17-8-6-7-16(10-17)11-19/h6-10,15,20H,1,11,19H2,2-5H3/b13-9+,18-14-. The van der Waals surface area contributed by atoms with E-state index in [4.69, 9.17) is 10.5 Å². The van der Waals surface area contributed by atoms with E-state index in [9.17, 15) is 5.11 Å². The average molecular weight is 287 g/mol. The molecule has 1 atom stereocenters. The molecule has 0 amide bonds. The highest BCUT2D eigenvalue weighted by atomic mass is 16.5. The maximum absolute atomic E-state index is 9.99. The summed E-state index contributed by atoms with van der Waals surface area (Å²) < 4.78 is 5.59. The second-order valence-electron chi connectivity index (χ2n) is 5.25. The third-order valence-corrected chi connectivity index (χ3v) is 3.25. The Morgan fingerprint density at radius 2 is 2.05 bits per heavy atom. The van der Waals surface area contributed by atoms with Crippen LogP contribution in [-0.2, 0) is 11.3 Å². The van der Waals surface area contributed by atoms with Crippen LogP contribution in [0.15, 0.2) is 54.0 Å². The van der Waals surface area contributed by atoms with Gasteiger partial charge in [-0.25, -0.2) is 0 Å². The number of benzene rings is 1. The highest BCUT2D eigenvalue weighted by Gasteiger charge is 2.09. The summed E-state index contributed by atoms with van der Waals surface area (Å²) in [7, 11) is 0. The Balaban J connectivity index is 3.14. The first-order valence-corrected chi connectivity index (χ1v) is 7.04. The molecule has 0 saturated carbocycles. The van der Waals surface area contributed by atoms with Gasteiger partial charge in [-0.05, 0) is 56.5 Å². The first-order valence-electron chi connectivity index (χ1n) is 7.04. The van der Waals surface area contributed by atoms with Gasteiger partial charge in [0.1, 0.15) is 6.10 Å². The number of aliphatic hydroxyl groups excluding tert-OH is 1. The molecule has 0 aromatic heterocycles. The summed E-state index contributed by atoms with van der Waals surface area (Å²) in [6, 6.07) is 7.86. The van der Waals surface area contributed by atoms with Crippen LogP contribution in [0.4, 0.5) is 0 Å². The number of aliphatic hydroxyl groups is 1. The zero-order valence-corrected chi connectivity index (χ0v) is 13.3. The normalized spacial score (nSPS) is 14.4. The second kappa shape index (κ2) is 7.70. The first kappa shape index (κ1) is 17.1. The SMILES string of the molecule is C=C(C)OC(C)/C(C)=C/C(=C(\C)O)c1cccc(CN)c1. The monoisotopic (exact) mass is 287 g/mol. The van der Waals surface area contributed by atoms with Crippen LogP contribution in [0.3, 0.4) is 0 Å². The molecule has 3 N–H and O–H groups in total. The predicted molar refractivity (Wildman–Crippen MR) is 88.7 cm³/mol. The predicted octanol–water partition coefficient (Wildman–Crippen LogP) is 4.32. The molecular weight excluding hydrogens is 262 g/mol. The van der Waals surface area contributed by atoms with Crippen molar-refractivity contribution in [2.75, 3.05) is 0 Å². The van der Waals surface area contributed by atoms with E-state index in [0.29, 0.717) is 12.3 Å². The minimum atomic E-state index is -0.0884. The van der Waals surface area contributed by atoms with Crippen LogP contribution in [-0.4, -0.2) is 11.2 Å². The maximum Gasteiger partial charge on any atom is 0.116 e. The van der Waals surface area contributed by atoms with Crippen molar-refractivity contribution in [1.82, 2.24) is 0 Å². The van der Waals surface area contributed by atoms with E-state index in [1.165, 1.54) is 0 Å². The van der Waals surface area contributed by atoms with Crippen molar-refractivity contribution in [3.05, 3.63) is 65.1 Å². The minimum Gasteiger partial charge on any atom is -0.512 e. The number of hydrogen-bond donors (Lipinski definition) is 2. The molecule has 0 heterocycles. The van der Waals surface area contributed by atoms with Crippen molar-refractivity contribution in [3.8, 4) is 0 Å². The fraction of sp³-hybridized carbons (Fsp3) is 0.333. The molecule has 0 saturated heterocycles. The molecule has 0 aliphatic rings. The molecule has 3 heteroatoms. The van der Waals surface area contributed by atoms with Gasteiger partial charge in [0.15, 0.2) is 0 Å². The molecule has 1 aromatic rings. The van der Waals surface area contributed by atoms with Gasteiger partial charge < -0.3 is 15.6 Å². The molecule has 0 spiro atoms. The largest absolute Gasteiger partial charge is 0.512 e. The van der Waals surface area contributed by atoms with Gasteiger partial charge in [0.2, 0.25) is 0 Å². The Kier molecular flexibility index (Phi) is 6.25. The van der Waals surface area contributed by atoms with Gasteiger partial charge in [0.25, 0.3) is 0 Å². The number of allylic oxidation sites excluding steroid dienone is 4. The van der Waals surface area contributed by atoms with Crippen molar-refractivity contribution in [1.29, 1.82) is 0 Å². The van der Waals surface area contributed by atoms with Crippen LogP contribution in [0.2, 0.25) is 0 Å². The highest BCUT2D eigenvalue weighted by Crippen LogP contribution is 2.23. The van der Waals surface area contributed by atoms with Crippen molar-refractivity contribution < 1.29 is 9.84 Å². The molecule has 0 aliphatic carbocycles. The van der Waals surface area contributed by atoms with Gasteiger partial charge in [-0.2, -0.15) is 0 Å². The van der Waals surface area contributed by atoms with Crippen molar-refractivity contribution in [3.63, 3.8) is 0 Å². The average Bonchev–Trinajstić information content (AvgIpc) is 2.43. The quantitative estimate of drug-likeness (QED) is 0.605. The summed E-state index contributed by atoms with van der Waals surface area (Å²) in [6.07, 6.45) is 1.85. The van der Waals surface area contributed by atoms with Gasteiger partial charge in [-0.3, -0.25) is 0 Å². The van der Waals surface area contributed by atoms with E-state index in [2.05, 4.69) is 6.58 Å². The van der Waals surface area contributed by atoms with E-state index < -0.39 is 0 Å². The smallest absolute Gasteiger partial charge is 0.116 e. The molecule has 0 aliphatic heterocycles. The number of ether oxygens (including phenoxy) is 1. The van der Waals surface area contributed by atoms with E-state index in [-0.39, 0.29) is 11.9 Å². The Hall–Kier alpha value is -2.00. The van der Waals surface area contributed by atoms with Crippen LogP contribution < -0.4 is 5.73 Å². The van der Waals surface area contributed by atoms with Crippen molar-refractivity contribution in [2.24, 2.45) is 5.73 Å². The molecule has 0 radical (unpaired) electrons. The number of rotatable bonds is 6. The van der Waals surface area contributed by atoms with Gasteiger partial charge in [-0.15, -0.1) is 0 Å². The highest BCUT2D eigenvalue weighted by molar-refractivity contribution is 5.76.